The van der Waals surface area contributed by atoms with Gasteiger partial charge in [-0.1, -0.05) is 268 Å². The minimum absolute atomic E-state index is 0.0765. The van der Waals surface area contributed by atoms with Crippen LogP contribution in [-0.2, 0) is 28.6 Å². The molecule has 408 valence electrons. The van der Waals surface area contributed by atoms with Crippen molar-refractivity contribution in [2.45, 2.75) is 329 Å². The first kappa shape index (κ1) is 67.4. The topological polar surface area (TPSA) is 78.9 Å². The molecule has 1 unspecified atom stereocenters. The average Bonchev–Trinajstić information content (AvgIpc) is 3.36. The Balaban J connectivity index is 4.32. The Morgan fingerprint density at radius 2 is 0.514 bits per heavy atom. The maximum absolute atomic E-state index is 12.9. The Labute approximate surface area is 435 Å². The number of unbranched alkanes of at least 4 members (excludes halogenated alkanes) is 37. The van der Waals surface area contributed by atoms with Crippen LogP contribution < -0.4 is 0 Å². The molecule has 0 bridgehead atoms. The lowest BCUT2D eigenvalue weighted by atomic mass is 10.0. The number of allylic oxidation sites excluding steroid dienone is 8. The van der Waals surface area contributed by atoms with Crippen molar-refractivity contribution < 1.29 is 28.6 Å². The number of esters is 3. The van der Waals surface area contributed by atoms with E-state index in [4.69, 9.17) is 14.2 Å². The molecule has 0 aromatic rings. The molecule has 6 nitrogen and oxygen atoms in total. The van der Waals surface area contributed by atoms with Gasteiger partial charge in [-0.25, -0.2) is 0 Å². The fraction of sp³-hybridized carbons (Fsp3) is 0.828. The van der Waals surface area contributed by atoms with E-state index in [1.807, 2.05) is 0 Å². The Morgan fingerprint density at radius 1 is 0.286 bits per heavy atom. The number of carbonyl (C=O) groups is 3. The number of hydrogen-bond donors (Lipinski definition) is 0. The first-order valence-electron chi connectivity index (χ1n) is 30.6. The van der Waals surface area contributed by atoms with Crippen molar-refractivity contribution in [3.05, 3.63) is 48.6 Å². The van der Waals surface area contributed by atoms with Crippen molar-refractivity contribution in [1.29, 1.82) is 0 Å². The highest BCUT2D eigenvalue weighted by atomic mass is 16.6. The van der Waals surface area contributed by atoms with Crippen molar-refractivity contribution in [3.63, 3.8) is 0 Å². The lowest BCUT2D eigenvalue weighted by Crippen LogP contribution is -2.30. The smallest absolute Gasteiger partial charge is 0.306 e. The van der Waals surface area contributed by atoms with Gasteiger partial charge < -0.3 is 14.2 Å². The molecule has 0 saturated heterocycles. The van der Waals surface area contributed by atoms with Crippen LogP contribution >= 0.6 is 0 Å². The molecule has 0 aromatic heterocycles. The molecule has 0 saturated carbocycles. The largest absolute Gasteiger partial charge is 0.462 e. The van der Waals surface area contributed by atoms with E-state index in [0.717, 1.165) is 83.5 Å². The van der Waals surface area contributed by atoms with Crippen LogP contribution in [-0.4, -0.2) is 37.2 Å². The number of hydrogen-bond acceptors (Lipinski definition) is 6. The number of rotatable bonds is 56. The molecule has 0 aliphatic carbocycles. The van der Waals surface area contributed by atoms with Crippen molar-refractivity contribution >= 4 is 17.9 Å². The van der Waals surface area contributed by atoms with Gasteiger partial charge in [0, 0.05) is 19.3 Å². The van der Waals surface area contributed by atoms with Crippen LogP contribution in [0.4, 0.5) is 0 Å². The van der Waals surface area contributed by atoms with E-state index in [9.17, 15) is 14.4 Å². The van der Waals surface area contributed by atoms with Gasteiger partial charge in [0.25, 0.3) is 0 Å². The molecule has 70 heavy (non-hydrogen) atoms. The summed E-state index contributed by atoms with van der Waals surface area (Å²) in [7, 11) is 0. The summed E-state index contributed by atoms with van der Waals surface area (Å²) >= 11 is 0. The van der Waals surface area contributed by atoms with Gasteiger partial charge in [0.15, 0.2) is 6.10 Å². The minimum atomic E-state index is -0.777. The predicted molar refractivity (Wildman–Crippen MR) is 302 cm³/mol. The highest BCUT2D eigenvalue weighted by molar-refractivity contribution is 5.71. The SMILES string of the molecule is CCCCCC/C=C\CCCCCCCC(=O)OCC(COC(=O)CCCCCCCCCC/C=C\C/C=C\C/C=C\CCCCCCC)OC(=O)CCCCCCCCCCCCCCCCCC. The molecule has 0 aromatic carbocycles. The molecule has 0 fully saturated rings. The van der Waals surface area contributed by atoms with Crippen LogP contribution in [0.15, 0.2) is 48.6 Å². The van der Waals surface area contributed by atoms with Gasteiger partial charge in [0.1, 0.15) is 13.2 Å². The molecular weight excluding hydrogens is 865 g/mol. The van der Waals surface area contributed by atoms with E-state index >= 15 is 0 Å². The Morgan fingerprint density at radius 3 is 0.829 bits per heavy atom. The Kier molecular flexibility index (Phi) is 56.7. The number of carbonyl (C=O) groups excluding carboxylic acids is 3. The molecule has 0 spiro atoms. The molecule has 1 atom stereocenters. The lowest BCUT2D eigenvalue weighted by Gasteiger charge is -2.18. The quantitative estimate of drug-likeness (QED) is 0.0261. The summed E-state index contributed by atoms with van der Waals surface area (Å²) in [5.41, 5.74) is 0. The highest BCUT2D eigenvalue weighted by Gasteiger charge is 2.19. The average molecular weight is 982 g/mol. The maximum Gasteiger partial charge on any atom is 0.306 e. The third-order valence-corrected chi connectivity index (χ3v) is 13.6. The van der Waals surface area contributed by atoms with Crippen LogP contribution in [0.25, 0.3) is 0 Å². The summed E-state index contributed by atoms with van der Waals surface area (Å²) in [5.74, 6) is -0.874. The summed E-state index contributed by atoms with van der Waals surface area (Å²) in [6.07, 6.45) is 72.5. The molecule has 0 aliphatic heterocycles. The van der Waals surface area contributed by atoms with Gasteiger partial charge in [-0.2, -0.15) is 0 Å². The minimum Gasteiger partial charge on any atom is -0.462 e. The van der Waals surface area contributed by atoms with Gasteiger partial charge >= 0.3 is 17.9 Å². The van der Waals surface area contributed by atoms with Crippen LogP contribution in [0.2, 0.25) is 0 Å². The zero-order valence-corrected chi connectivity index (χ0v) is 46.8. The fourth-order valence-corrected chi connectivity index (χ4v) is 8.92. The summed E-state index contributed by atoms with van der Waals surface area (Å²) in [5, 5.41) is 0. The van der Waals surface area contributed by atoms with E-state index in [2.05, 4.69) is 69.4 Å². The fourth-order valence-electron chi connectivity index (χ4n) is 8.92. The third kappa shape index (κ3) is 56.3. The van der Waals surface area contributed by atoms with Crippen molar-refractivity contribution in [1.82, 2.24) is 0 Å². The van der Waals surface area contributed by atoms with E-state index in [1.54, 1.807) is 0 Å². The zero-order valence-electron chi connectivity index (χ0n) is 46.8. The van der Waals surface area contributed by atoms with E-state index in [-0.39, 0.29) is 31.1 Å². The van der Waals surface area contributed by atoms with Crippen LogP contribution in [0.5, 0.6) is 0 Å². The van der Waals surface area contributed by atoms with Gasteiger partial charge in [0.2, 0.25) is 0 Å². The number of ether oxygens (including phenoxy) is 3. The first-order valence-corrected chi connectivity index (χ1v) is 30.6. The Hall–Kier alpha value is -2.63. The maximum atomic E-state index is 12.9. The van der Waals surface area contributed by atoms with Gasteiger partial charge in [0.05, 0.1) is 0 Å². The molecule has 0 radical (unpaired) electrons. The molecule has 0 N–H and O–H groups in total. The summed E-state index contributed by atoms with van der Waals surface area (Å²) in [6, 6.07) is 0. The van der Waals surface area contributed by atoms with Crippen molar-refractivity contribution in [3.8, 4) is 0 Å². The second-order valence-electron chi connectivity index (χ2n) is 20.6. The van der Waals surface area contributed by atoms with Crippen LogP contribution in [0, 0.1) is 0 Å². The lowest BCUT2D eigenvalue weighted by molar-refractivity contribution is -0.167. The summed E-state index contributed by atoms with van der Waals surface area (Å²) in [6.45, 7) is 6.64. The van der Waals surface area contributed by atoms with E-state index in [1.165, 1.54) is 199 Å². The van der Waals surface area contributed by atoms with Crippen LogP contribution in [0.3, 0.4) is 0 Å². The Bertz CT molecular complexity index is 1220. The predicted octanol–water partition coefficient (Wildman–Crippen LogP) is 20.6. The van der Waals surface area contributed by atoms with Crippen molar-refractivity contribution in [2.24, 2.45) is 0 Å². The van der Waals surface area contributed by atoms with Gasteiger partial charge in [-0.05, 0) is 83.5 Å². The highest BCUT2D eigenvalue weighted by Crippen LogP contribution is 2.16. The second-order valence-corrected chi connectivity index (χ2v) is 20.6. The van der Waals surface area contributed by atoms with Crippen molar-refractivity contribution in [2.75, 3.05) is 13.2 Å². The van der Waals surface area contributed by atoms with E-state index < -0.39 is 6.10 Å². The first-order chi connectivity index (χ1) is 34.5. The van der Waals surface area contributed by atoms with Gasteiger partial charge in [-0.15, -0.1) is 0 Å². The second kappa shape index (κ2) is 58.9. The molecule has 0 amide bonds. The summed E-state index contributed by atoms with van der Waals surface area (Å²) < 4.78 is 16.9. The monoisotopic (exact) mass is 981 g/mol. The van der Waals surface area contributed by atoms with E-state index in [0.29, 0.717) is 19.3 Å². The van der Waals surface area contributed by atoms with Crippen LogP contribution in [0.1, 0.15) is 323 Å². The normalized spacial score (nSPS) is 12.3. The standard InChI is InChI=1S/C64H116O6/c1-4-7-10-13-16-19-22-25-27-29-30-31-32-33-34-35-37-39-42-45-48-51-54-57-63(66)69-60-61(59-68-62(65)56-53-50-47-44-41-38-24-21-18-15-12-9-6-3)70-64(67)58-55-52-49-46-43-40-36-28-26-23-20-17-14-11-8-5-2/h21-22,24-25,29-30,32-33,61H,4-20,23,26-28,31,34-60H2,1-3H3/b24-21-,25-22-,30-29-,33-32-. The van der Waals surface area contributed by atoms with Gasteiger partial charge in [-0.3, -0.25) is 14.4 Å². The molecule has 6 heteroatoms. The third-order valence-electron chi connectivity index (χ3n) is 13.6. The molecule has 0 aliphatic rings. The summed E-state index contributed by atoms with van der Waals surface area (Å²) in [4.78, 5) is 38.2. The molecular formula is C64H116O6. The molecule has 0 rings (SSSR count). The molecule has 0 heterocycles. The zero-order chi connectivity index (χ0) is 50.7.